The van der Waals surface area contributed by atoms with Crippen LogP contribution in [-0.4, -0.2) is 27.7 Å². The Morgan fingerprint density at radius 1 is 1.39 bits per heavy atom. The number of nitrogen functional groups attached to an aromatic ring is 1. The van der Waals surface area contributed by atoms with Crippen LogP contribution in [0.1, 0.15) is 31.4 Å². The van der Waals surface area contributed by atoms with E-state index < -0.39 is 0 Å². The summed E-state index contributed by atoms with van der Waals surface area (Å²) in [6.45, 7) is 2.46. The van der Waals surface area contributed by atoms with Gasteiger partial charge >= 0.3 is 0 Å². The van der Waals surface area contributed by atoms with Gasteiger partial charge in [-0.3, -0.25) is 0 Å². The third-order valence-electron chi connectivity index (χ3n) is 3.51. The fourth-order valence-electron chi connectivity index (χ4n) is 2.34. The molecule has 1 aromatic heterocycles. The molecule has 100 valence electrons. The highest BCUT2D eigenvalue weighted by Gasteiger charge is 2.23. The molecule has 0 aliphatic heterocycles. The van der Waals surface area contributed by atoms with Crippen LogP contribution in [0.4, 0.5) is 11.5 Å². The van der Waals surface area contributed by atoms with E-state index in [9.17, 15) is 5.11 Å². The molecule has 2 unspecified atom stereocenters. The van der Waals surface area contributed by atoms with Crippen LogP contribution in [0.15, 0.2) is 0 Å². The van der Waals surface area contributed by atoms with Gasteiger partial charge in [0.1, 0.15) is 0 Å². The van der Waals surface area contributed by atoms with Crippen molar-refractivity contribution in [1.82, 2.24) is 9.97 Å². The fourth-order valence-corrected chi connectivity index (χ4v) is 2.55. The normalized spacial score (nSPS) is 23.9. The number of anilines is 2. The van der Waals surface area contributed by atoms with Crippen molar-refractivity contribution in [3.05, 3.63) is 11.0 Å². The zero-order chi connectivity index (χ0) is 13.1. The summed E-state index contributed by atoms with van der Waals surface area (Å²) < 4.78 is 0. The SMILES string of the molecule is Cc1nc(Cl)nc(NCC2CCCCC2O)c1N. The van der Waals surface area contributed by atoms with Gasteiger partial charge in [0, 0.05) is 12.5 Å². The van der Waals surface area contributed by atoms with E-state index in [4.69, 9.17) is 17.3 Å². The number of hydrogen-bond donors (Lipinski definition) is 3. The van der Waals surface area contributed by atoms with Gasteiger partial charge in [0.15, 0.2) is 5.82 Å². The summed E-state index contributed by atoms with van der Waals surface area (Å²) in [6.07, 6.45) is 3.96. The molecule has 1 aliphatic rings. The van der Waals surface area contributed by atoms with Crippen LogP contribution < -0.4 is 11.1 Å². The summed E-state index contributed by atoms with van der Waals surface area (Å²) in [5.74, 6) is 0.817. The lowest BCUT2D eigenvalue weighted by Gasteiger charge is -2.28. The molecule has 2 rings (SSSR count). The second kappa shape index (κ2) is 5.71. The topological polar surface area (TPSA) is 84.1 Å². The number of nitrogens with one attached hydrogen (secondary N) is 1. The molecule has 0 aromatic carbocycles. The Balaban J connectivity index is 2.01. The van der Waals surface area contributed by atoms with Crippen molar-refractivity contribution in [3.63, 3.8) is 0 Å². The number of rotatable bonds is 3. The predicted molar refractivity (Wildman–Crippen MR) is 72.6 cm³/mol. The van der Waals surface area contributed by atoms with Crippen molar-refractivity contribution in [2.45, 2.75) is 38.7 Å². The first-order chi connectivity index (χ1) is 8.58. The van der Waals surface area contributed by atoms with E-state index in [0.29, 0.717) is 23.7 Å². The molecule has 4 N–H and O–H groups in total. The lowest BCUT2D eigenvalue weighted by molar-refractivity contribution is 0.0763. The summed E-state index contributed by atoms with van der Waals surface area (Å²) in [4.78, 5) is 8.06. The van der Waals surface area contributed by atoms with E-state index in [1.165, 1.54) is 6.42 Å². The standard InChI is InChI=1S/C12H19ClN4O/c1-7-10(14)11(17-12(13)16-7)15-6-8-4-2-3-5-9(8)18/h8-9,18H,2-6,14H2,1H3,(H,15,16,17). The second-order valence-electron chi connectivity index (χ2n) is 4.83. The van der Waals surface area contributed by atoms with Crippen molar-refractivity contribution in [1.29, 1.82) is 0 Å². The zero-order valence-electron chi connectivity index (χ0n) is 10.5. The Labute approximate surface area is 112 Å². The minimum absolute atomic E-state index is 0.188. The average Bonchev–Trinajstić information content (AvgIpc) is 2.33. The van der Waals surface area contributed by atoms with Crippen LogP contribution in [0.2, 0.25) is 5.28 Å². The van der Waals surface area contributed by atoms with Crippen molar-refractivity contribution in [2.24, 2.45) is 5.92 Å². The fraction of sp³-hybridized carbons (Fsp3) is 0.667. The number of aryl methyl sites for hydroxylation is 1. The van der Waals surface area contributed by atoms with Crippen molar-refractivity contribution in [2.75, 3.05) is 17.6 Å². The molecule has 0 radical (unpaired) electrons. The molecule has 1 aliphatic carbocycles. The molecule has 0 amide bonds. The van der Waals surface area contributed by atoms with Crippen LogP contribution >= 0.6 is 11.6 Å². The van der Waals surface area contributed by atoms with Crippen LogP contribution in [0, 0.1) is 12.8 Å². The van der Waals surface area contributed by atoms with Gasteiger partial charge in [-0.2, -0.15) is 4.98 Å². The highest BCUT2D eigenvalue weighted by molar-refractivity contribution is 6.28. The number of aliphatic hydroxyl groups is 1. The molecule has 5 nitrogen and oxygen atoms in total. The van der Waals surface area contributed by atoms with E-state index in [1.54, 1.807) is 6.92 Å². The van der Waals surface area contributed by atoms with Crippen molar-refractivity contribution < 1.29 is 5.11 Å². The van der Waals surface area contributed by atoms with Gasteiger partial charge in [-0.15, -0.1) is 0 Å². The maximum absolute atomic E-state index is 9.90. The first-order valence-corrected chi connectivity index (χ1v) is 6.67. The molecule has 1 fully saturated rings. The number of aliphatic hydroxyl groups excluding tert-OH is 1. The Morgan fingerprint density at radius 2 is 2.11 bits per heavy atom. The number of nitrogens with two attached hydrogens (primary N) is 1. The van der Waals surface area contributed by atoms with Gasteiger partial charge in [0.05, 0.1) is 17.5 Å². The highest BCUT2D eigenvalue weighted by atomic mass is 35.5. The third kappa shape index (κ3) is 3.03. The third-order valence-corrected chi connectivity index (χ3v) is 3.68. The largest absolute Gasteiger partial charge is 0.394 e. The Hall–Kier alpha value is -1.07. The molecular formula is C12H19ClN4O. The minimum Gasteiger partial charge on any atom is -0.394 e. The molecule has 2 atom stereocenters. The van der Waals surface area contributed by atoms with E-state index in [1.807, 2.05) is 0 Å². The maximum atomic E-state index is 9.90. The molecular weight excluding hydrogens is 252 g/mol. The molecule has 0 spiro atoms. The first kappa shape index (κ1) is 13.4. The van der Waals surface area contributed by atoms with Gasteiger partial charge in [-0.25, -0.2) is 4.98 Å². The van der Waals surface area contributed by atoms with E-state index >= 15 is 0 Å². The maximum Gasteiger partial charge on any atom is 0.224 e. The summed E-state index contributed by atoms with van der Waals surface area (Å²) in [5, 5.41) is 13.3. The van der Waals surface area contributed by atoms with E-state index in [2.05, 4.69) is 15.3 Å². The molecule has 1 heterocycles. The van der Waals surface area contributed by atoms with Crippen LogP contribution in [0.25, 0.3) is 0 Å². The predicted octanol–water partition coefficient (Wildman–Crippen LogP) is 1.98. The number of hydrogen-bond acceptors (Lipinski definition) is 5. The minimum atomic E-state index is -0.231. The number of nitrogens with zero attached hydrogens (tertiary/aromatic N) is 2. The summed E-state index contributed by atoms with van der Waals surface area (Å²) in [6, 6.07) is 0. The van der Waals surface area contributed by atoms with Crippen molar-refractivity contribution in [3.8, 4) is 0 Å². The first-order valence-electron chi connectivity index (χ1n) is 6.29. The summed E-state index contributed by atoms with van der Waals surface area (Å²) in [5.41, 5.74) is 7.08. The van der Waals surface area contributed by atoms with Gasteiger partial charge in [0.2, 0.25) is 5.28 Å². The molecule has 1 saturated carbocycles. The number of aromatic nitrogens is 2. The highest BCUT2D eigenvalue weighted by Crippen LogP contribution is 2.26. The van der Waals surface area contributed by atoms with E-state index in [-0.39, 0.29) is 17.3 Å². The molecule has 0 bridgehead atoms. The smallest absolute Gasteiger partial charge is 0.224 e. The van der Waals surface area contributed by atoms with Gasteiger partial charge in [-0.1, -0.05) is 12.8 Å². The molecule has 1 aromatic rings. The Kier molecular flexibility index (Phi) is 4.24. The number of halogens is 1. The monoisotopic (exact) mass is 270 g/mol. The average molecular weight is 271 g/mol. The van der Waals surface area contributed by atoms with Gasteiger partial charge < -0.3 is 16.2 Å². The Bertz CT molecular complexity index is 427. The summed E-state index contributed by atoms with van der Waals surface area (Å²) >= 11 is 5.81. The molecule has 6 heteroatoms. The van der Waals surface area contributed by atoms with Crippen LogP contribution in [-0.2, 0) is 0 Å². The summed E-state index contributed by atoms with van der Waals surface area (Å²) in [7, 11) is 0. The molecule has 0 saturated heterocycles. The lowest BCUT2D eigenvalue weighted by atomic mass is 9.86. The van der Waals surface area contributed by atoms with Gasteiger partial charge in [-0.05, 0) is 31.4 Å². The Morgan fingerprint density at radius 3 is 2.83 bits per heavy atom. The van der Waals surface area contributed by atoms with Crippen LogP contribution in [0.3, 0.4) is 0 Å². The van der Waals surface area contributed by atoms with E-state index in [0.717, 1.165) is 19.3 Å². The quantitative estimate of drug-likeness (QED) is 0.732. The van der Waals surface area contributed by atoms with Crippen LogP contribution in [0.5, 0.6) is 0 Å². The van der Waals surface area contributed by atoms with Crippen molar-refractivity contribution >= 4 is 23.1 Å². The lowest BCUT2D eigenvalue weighted by Crippen LogP contribution is -2.30. The second-order valence-corrected chi connectivity index (χ2v) is 5.17. The molecule has 18 heavy (non-hydrogen) atoms. The zero-order valence-corrected chi connectivity index (χ0v) is 11.2. The van der Waals surface area contributed by atoms with Gasteiger partial charge in [0.25, 0.3) is 0 Å².